The maximum atomic E-state index is 13.6. The van der Waals surface area contributed by atoms with Crippen molar-refractivity contribution in [1.82, 2.24) is 4.31 Å². The number of rotatable bonds is 5. The number of thioether (sulfide) groups is 1. The Labute approximate surface area is 180 Å². The molecule has 0 saturated carbocycles. The van der Waals surface area contributed by atoms with E-state index in [0.29, 0.717) is 10.8 Å². The second kappa shape index (κ2) is 8.03. The standard InChI is InChI=1S/C22H20ClNO3S2/c1-15-11-13-16(14-12-15)29(25,26)24-21(17-7-3-5-9-19(17)23)28-22(24)18-8-4-6-10-20(18)27-2/h3-14,21-22H,1-2H3/t21-,22+/m0/s1. The van der Waals surface area contributed by atoms with Gasteiger partial charge in [-0.1, -0.05) is 65.7 Å². The molecule has 0 N–H and O–H groups in total. The molecule has 3 aromatic rings. The van der Waals surface area contributed by atoms with Crippen molar-refractivity contribution in [2.24, 2.45) is 0 Å². The van der Waals surface area contributed by atoms with Gasteiger partial charge in [0.15, 0.2) is 0 Å². The first-order valence-corrected chi connectivity index (χ1v) is 11.8. The van der Waals surface area contributed by atoms with Crippen LogP contribution in [0.1, 0.15) is 27.4 Å². The first kappa shape index (κ1) is 20.3. The molecule has 29 heavy (non-hydrogen) atoms. The Morgan fingerprint density at radius 1 is 0.897 bits per heavy atom. The van der Waals surface area contributed by atoms with Gasteiger partial charge in [-0.3, -0.25) is 0 Å². The highest BCUT2D eigenvalue weighted by atomic mass is 35.5. The predicted molar refractivity (Wildman–Crippen MR) is 118 cm³/mol. The van der Waals surface area contributed by atoms with Gasteiger partial charge in [-0.15, -0.1) is 11.8 Å². The fourth-order valence-electron chi connectivity index (χ4n) is 3.35. The lowest BCUT2D eigenvalue weighted by molar-refractivity contribution is 0.332. The lowest BCUT2D eigenvalue weighted by Gasteiger charge is -2.47. The number of benzene rings is 3. The molecule has 7 heteroatoms. The molecule has 4 nitrogen and oxygen atoms in total. The minimum atomic E-state index is -3.76. The summed E-state index contributed by atoms with van der Waals surface area (Å²) in [7, 11) is -2.17. The fourth-order valence-corrected chi connectivity index (χ4v) is 7.32. The third kappa shape index (κ3) is 3.66. The highest BCUT2D eigenvalue weighted by Gasteiger charge is 2.50. The van der Waals surface area contributed by atoms with Crippen LogP contribution in [0, 0.1) is 6.92 Å². The number of para-hydroxylation sites is 1. The van der Waals surface area contributed by atoms with Crippen LogP contribution >= 0.6 is 23.4 Å². The van der Waals surface area contributed by atoms with E-state index in [0.717, 1.165) is 16.7 Å². The molecule has 1 aliphatic heterocycles. The van der Waals surface area contributed by atoms with Crippen LogP contribution < -0.4 is 4.74 Å². The third-order valence-electron chi connectivity index (χ3n) is 4.89. The van der Waals surface area contributed by atoms with Crippen molar-refractivity contribution >= 4 is 33.4 Å². The largest absolute Gasteiger partial charge is 0.496 e. The maximum Gasteiger partial charge on any atom is 0.245 e. The summed E-state index contributed by atoms with van der Waals surface area (Å²) < 4.78 is 34.3. The first-order valence-electron chi connectivity index (χ1n) is 9.06. The number of methoxy groups -OCH3 is 1. The number of ether oxygens (including phenoxy) is 1. The average Bonchev–Trinajstić information content (AvgIpc) is 2.69. The van der Waals surface area contributed by atoms with Gasteiger partial charge in [0.25, 0.3) is 0 Å². The van der Waals surface area contributed by atoms with Crippen LogP contribution in [-0.2, 0) is 10.0 Å². The van der Waals surface area contributed by atoms with E-state index in [1.54, 1.807) is 25.3 Å². The van der Waals surface area contributed by atoms with Crippen LogP contribution in [0.5, 0.6) is 5.75 Å². The lowest BCUT2D eigenvalue weighted by atomic mass is 10.1. The van der Waals surface area contributed by atoms with Gasteiger partial charge in [0.2, 0.25) is 10.0 Å². The Hall–Kier alpha value is -1.99. The Balaban J connectivity index is 1.82. The number of halogens is 1. The molecule has 0 aromatic heterocycles. The molecule has 2 atom stereocenters. The molecule has 0 unspecified atom stereocenters. The van der Waals surface area contributed by atoms with Gasteiger partial charge in [0.1, 0.15) is 16.5 Å². The third-order valence-corrected chi connectivity index (χ3v) is 8.83. The molecule has 0 aliphatic carbocycles. The van der Waals surface area contributed by atoms with E-state index in [1.165, 1.54) is 16.1 Å². The zero-order valence-corrected chi connectivity index (χ0v) is 18.3. The van der Waals surface area contributed by atoms with Crippen molar-refractivity contribution in [1.29, 1.82) is 0 Å². The van der Waals surface area contributed by atoms with Crippen LogP contribution in [0.3, 0.4) is 0 Å². The van der Waals surface area contributed by atoms with E-state index in [9.17, 15) is 8.42 Å². The Bertz CT molecular complexity index is 1130. The Kier molecular flexibility index (Phi) is 5.62. The summed E-state index contributed by atoms with van der Waals surface area (Å²) >= 11 is 7.95. The molecule has 1 saturated heterocycles. The molecule has 0 amide bonds. The maximum absolute atomic E-state index is 13.6. The highest BCUT2D eigenvalue weighted by Crippen LogP contribution is 2.61. The minimum absolute atomic E-state index is 0.264. The van der Waals surface area contributed by atoms with Gasteiger partial charge in [-0.25, -0.2) is 8.42 Å². The van der Waals surface area contributed by atoms with E-state index in [1.807, 2.05) is 61.5 Å². The monoisotopic (exact) mass is 445 g/mol. The summed E-state index contributed by atoms with van der Waals surface area (Å²) in [5, 5.41) is -0.267. The van der Waals surface area contributed by atoms with Gasteiger partial charge in [-0.2, -0.15) is 4.31 Å². The SMILES string of the molecule is COc1ccccc1[C@H]1S[C@@H](c2ccccc2Cl)N1S(=O)(=O)c1ccc(C)cc1. The molecule has 1 aliphatic rings. The number of hydrogen-bond donors (Lipinski definition) is 0. The van der Waals surface area contributed by atoms with E-state index in [2.05, 4.69) is 0 Å². The quantitative estimate of drug-likeness (QED) is 0.498. The van der Waals surface area contributed by atoms with Crippen LogP contribution in [-0.4, -0.2) is 19.8 Å². The molecule has 0 bridgehead atoms. The smallest absolute Gasteiger partial charge is 0.245 e. The molecule has 0 radical (unpaired) electrons. The number of nitrogens with zero attached hydrogens (tertiary/aromatic N) is 1. The summed E-state index contributed by atoms with van der Waals surface area (Å²) in [6, 6.07) is 21.8. The van der Waals surface area contributed by atoms with Crippen molar-refractivity contribution < 1.29 is 13.2 Å². The zero-order chi connectivity index (χ0) is 20.6. The Morgan fingerprint density at radius 3 is 2.14 bits per heavy atom. The van der Waals surface area contributed by atoms with Gasteiger partial charge in [0, 0.05) is 10.6 Å². The summed E-state index contributed by atoms with van der Waals surface area (Å²) in [6.45, 7) is 1.93. The van der Waals surface area contributed by atoms with E-state index in [-0.39, 0.29) is 4.90 Å². The highest BCUT2D eigenvalue weighted by molar-refractivity contribution is 8.03. The number of hydrogen-bond acceptors (Lipinski definition) is 4. The van der Waals surface area contributed by atoms with Gasteiger partial charge in [0.05, 0.1) is 12.0 Å². The predicted octanol–water partition coefficient (Wildman–Crippen LogP) is 5.79. The van der Waals surface area contributed by atoms with Gasteiger partial charge < -0.3 is 4.74 Å². The molecule has 150 valence electrons. The minimum Gasteiger partial charge on any atom is -0.496 e. The van der Waals surface area contributed by atoms with E-state index >= 15 is 0 Å². The van der Waals surface area contributed by atoms with Crippen molar-refractivity contribution in [3.63, 3.8) is 0 Å². The molecular formula is C22H20ClNO3S2. The average molecular weight is 446 g/mol. The lowest BCUT2D eigenvalue weighted by Crippen LogP contribution is -2.43. The van der Waals surface area contributed by atoms with Crippen molar-refractivity contribution in [2.45, 2.75) is 22.6 Å². The second-order valence-corrected chi connectivity index (χ2v) is 10.2. The van der Waals surface area contributed by atoms with E-state index < -0.39 is 20.8 Å². The second-order valence-electron chi connectivity index (χ2n) is 6.75. The van der Waals surface area contributed by atoms with Crippen LogP contribution in [0.4, 0.5) is 0 Å². The van der Waals surface area contributed by atoms with Gasteiger partial charge in [-0.05, 0) is 36.8 Å². The van der Waals surface area contributed by atoms with Crippen LogP contribution in [0.2, 0.25) is 5.02 Å². The molecule has 3 aromatic carbocycles. The number of aryl methyl sites for hydroxylation is 1. The molecule has 1 fully saturated rings. The van der Waals surface area contributed by atoms with Crippen molar-refractivity contribution in [2.75, 3.05) is 7.11 Å². The molecule has 0 spiro atoms. The van der Waals surface area contributed by atoms with Crippen molar-refractivity contribution in [3.8, 4) is 5.75 Å². The van der Waals surface area contributed by atoms with Crippen LogP contribution in [0.25, 0.3) is 0 Å². The Morgan fingerprint density at radius 2 is 1.48 bits per heavy atom. The number of sulfonamides is 1. The van der Waals surface area contributed by atoms with E-state index in [4.69, 9.17) is 16.3 Å². The zero-order valence-electron chi connectivity index (χ0n) is 15.9. The molecule has 1 heterocycles. The van der Waals surface area contributed by atoms with Crippen LogP contribution in [0.15, 0.2) is 77.7 Å². The summed E-state index contributed by atoms with van der Waals surface area (Å²) in [5.41, 5.74) is 2.60. The molecular weight excluding hydrogens is 426 g/mol. The van der Waals surface area contributed by atoms with Crippen molar-refractivity contribution in [3.05, 3.63) is 94.5 Å². The fraction of sp³-hybridized carbons (Fsp3) is 0.182. The van der Waals surface area contributed by atoms with Gasteiger partial charge >= 0.3 is 0 Å². The topological polar surface area (TPSA) is 46.6 Å². The first-order chi connectivity index (χ1) is 13.9. The molecule has 4 rings (SSSR count). The summed E-state index contributed by atoms with van der Waals surface area (Å²) in [4.78, 5) is 0.264. The summed E-state index contributed by atoms with van der Waals surface area (Å²) in [5.74, 6) is 0.659. The normalized spacial score (nSPS) is 19.6. The summed E-state index contributed by atoms with van der Waals surface area (Å²) in [6.07, 6.45) is 0.